The second kappa shape index (κ2) is 9.94. The summed E-state index contributed by atoms with van der Waals surface area (Å²) in [5.41, 5.74) is 0.133. The Balaban J connectivity index is 1.51. The van der Waals surface area contributed by atoms with Crippen LogP contribution in [0.2, 0.25) is 0 Å². The van der Waals surface area contributed by atoms with Crippen molar-refractivity contribution in [2.24, 2.45) is 0 Å². The van der Waals surface area contributed by atoms with Crippen LogP contribution in [-0.2, 0) is 0 Å². The molecule has 3 rings (SSSR count). The van der Waals surface area contributed by atoms with Gasteiger partial charge < -0.3 is 25.0 Å². The number of hydrogen-bond acceptors (Lipinski definition) is 8. The van der Waals surface area contributed by atoms with Crippen LogP contribution in [0.3, 0.4) is 0 Å². The van der Waals surface area contributed by atoms with Crippen molar-refractivity contribution < 1.29 is 24.2 Å². The smallest absolute Gasteiger partial charge is 0.416 e. The molecule has 1 fully saturated rings. The molecule has 176 valence electrons. The van der Waals surface area contributed by atoms with Crippen LogP contribution in [0.25, 0.3) is 0 Å². The Hall–Kier alpha value is -3.54. The van der Waals surface area contributed by atoms with E-state index >= 15 is 0 Å². The van der Waals surface area contributed by atoms with Crippen molar-refractivity contribution in [2.45, 2.75) is 26.3 Å². The number of rotatable bonds is 4. The third-order valence-electron chi connectivity index (χ3n) is 4.69. The van der Waals surface area contributed by atoms with Gasteiger partial charge in [0, 0.05) is 44.0 Å². The predicted molar refractivity (Wildman–Crippen MR) is 125 cm³/mol. The minimum absolute atomic E-state index is 0.107. The van der Waals surface area contributed by atoms with Gasteiger partial charge in [0.25, 0.3) is 0 Å². The van der Waals surface area contributed by atoms with E-state index in [1.165, 1.54) is 24.5 Å². The van der Waals surface area contributed by atoms with Gasteiger partial charge in [0.1, 0.15) is 5.82 Å². The van der Waals surface area contributed by atoms with E-state index in [-0.39, 0.29) is 11.4 Å². The first-order valence-electron chi connectivity index (χ1n) is 10.2. The molecular formula is C21H26N6O5S. The number of thiol groups is 1. The quantitative estimate of drug-likeness (QED) is 0.577. The molecule has 0 aromatic carbocycles. The normalized spacial score (nSPS) is 13.9. The van der Waals surface area contributed by atoms with Crippen LogP contribution in [0.1, 0.15) is 31.1 Å². The average molecular weight is 475 g/mol. The Morgan fingerprint density at radius 2 is 1.76 bits per heavy atom. The largest absolute Gasteiger partial charge is 0.478 e. The minimum Gasteiger partial charge on any atom is -0.478 e. The van der Waals surface area contributed by atoms with Crippen LogP contribution in [0.4, 0.5) is 21.1 Å². The fourth-order valence-corrected chi connectivity index (χ4v) is 3.19. The molecule has 0 saturated carbocycles. The number of nitrogens with zero attached hydrogens (tertiary/aromatic N) is 5. The summed E-state index contributed by atoms with van der Waals surface area (Å²) in [4.78, 5) is 47.4. The summed E-state index contributed by atoms with van der Waals surface area (Å²) in [7, 11) is 0. The first kappa shape index (κ1) is 24.1. The van der Waals surface area contributed by atoms with Crippen molar-refractivity contribution in [3.05, 3.63) is 42.2 Å². The molecule has 3 heterocycles. The summed E-state index contributed by atoms with van der Waals surface area (Å²) in [6, 6.07) is 5.82. The van der Waals surface area contributed by atoms with Crippen LogP contribution in [-0.4, -0.2) is 69.8 Å². The van der Waals surface area contributed by atoms with Gasteiger partial charge >= 0.3 is 18.1 Å². The van der Waals surface area contributed by atoms with Crippen molar-refractivity contribution in [1.82, 2.24) is 20.2 Å². The summed E-state index contributed by atoms with van der Waals surface area (Å²) in [5, 5.41) is 11.8. The van der Waals surface area contributed by atoms with Gasteiger partial charge in [0.2, 0.25) is 5.88 Å². The Morgan fingerprint density at radius 3 is 2.27 bits per heavy atom. The number of anilines is 2. The molecule has 1 saturated heterocycles. The number of hydrogen-bond donors (Lipinski definition) is 3. The highest BCUT2D eigenvalue weighted by Crippen LogP contribution is 2.20. The van der Waals surface area contributed by atoms with Gasteiger partial charge in [-0.2, -0.15) is 0 Å². The topological polar surface area (TPSA) is 128 Å². The van der Waals surface area contributed by atoms with Gasteiger partial charge in [0.05, 0.1) is 17.4 Å². The monoisotopic (exact) mass is 474 g/mol. The fraction of sp³-hybridized carbons (Fsp3) is 0.381. The third kappa shape index (κ3) is 6.48. The molecule has 0 aliphatic carbocycles. The van der Waals surface area contributed by atoms with Crippen molar-refractivity contribution in [1.29, 1.82) is 0 Å². The number of urea groups is 1. The van der Waals surface area contributed by atoms with Gasteiger partial charge in [-0.15, -0.1) is 0 Å². The van der Waals surface area contributed by atoms with Gasteiger partial charge in [-0.05, 0) is 39.0 Å². The van der Waals surface area contributed by atoms with Gasteiger partial charge in [0.15, 0.2) is 0 Å². The average Bonchev–Trinajstić information content (AvgIpc) is 2.78. The van der Waals surface area contributed by atoms with Crippen LogP contribution in [0, 0.1) is 0 Å². The Bertz CT molecular complexity index is 1000. The number of ether oxygens (including phenoxy) is 1. The lowest BCUT2D eigenvalue weighted by Gasteiger charge is -2.34. The molecule has 3 amide bonds. The Kier molecular flexibility index (Phi) is 7.26. The van der Waals surface area contributed by atoms with E-state index in [1.54, 1.807) is 17.0 Å². The molecule has 2 N–H and O–H groups in total. The molecule has 0 spiro atoms. The summed E-state index contributed by atoms with van der Waals surface area (Å²) in [5.74, 6) is -0.273. The predicted octanol–water partition coefficient (Wildman–Crippen LogP) is 2.66. The number of amides is 3. The molecule has 0 bridgehead atoms. The number of nitrogens with one attached hydrogen (secondary N) is 1. The zero-order valence-corrected chi connectivity index (χ0v) is 19.5. The van der Waals surface area contributed by atoms with Crippen LogP contribution in [0.5, 0.6) is 5.88 Å². The molecule has 2 aromatic rings. The van der Waals surface area contributed by atoms with Crippen LogP contribution >= 0.6 is 12.8 Å². The lowest BCUT2D eigenvalue weighted by Crippen LogP contribution is -2.49. The highest BCUT2D eigenvalue weighted by atomic mass is 32.1. The molecule has 11 nitrogen and oxygen atoms in total. The SMILES string of the molecule is CC(C)(C)NC(=O)N(S)c1ccc(OC(=O)N2CCN(c3ccc(C(=O)O)cn3)CC2)nc1. The van der Waals surface area contributed by atoms with Crippen LogP contribution < -0.4 is 19.3 Å². The second-order valence-electron chi connectivity index (χ2n) is 8.40. The summed E-state index contributed by atoms with van der Waals surface area (Å²) >= 11 is 4.19. The molecule has 0 atom stereocenters. The molecule has 12 heteroatoms. The van der Waals surface area contributed by atoms with E-state index in [4.69, 9.17) is 9.84 Å². The van der Waals surface area contributed by atoms with Crippen LogP contribution in [0.15, 0.2) is 36.7 Å². The first-order chi connectivity index (χ1) is 15.5. The number of aromatic nitrogens is 2. The van der Waals surface area contributed by atoms with E-state index in [0.717, 1.165) is 4.31 Å². The van der Waals surface area contributed by atoms with E-state index < -0.39 is 23.6 Å². The molecule has 2 aromatic heterocycles. The van der Waals surface area contributed by atoms with Crippen molar-refractivity contribution >= 4 is 42.4 Å². The van der Waals surface area contributed by atoms with Crippen molar-refractivity contribution in [3.63, 3.8) is 0 Å². The zero-order chi connectivity index (χ0) is 24.2. The van der Waals surface area contributed by atoms with Gasteiger partial charge in [-0.1, -0.05) is 12.8 Å². The summed E-state index contributed by atoms with van der Waals surface area (Å²) < 4.78 is 6.47. The number of piperazine rings is 1. The van der Waals surface area contributed by atoms with E-state index in [9.17, 15) is 14.4 Å². The number of carboxylic acid groups (broad SMARTS) is 1. The number of carboxylic acids is 1. The Labute approximate surface area is 196 Å². The zero-order valence-electron chi connectivity index (χ0n) is 18.6. The van der Waals surface area contributed by atoms with Crippen molar-refractivity contribution in [2.75, 3.05) is 35.4 Å². The lowest BCUT2D eigenvalue weighted by atomic mass is 10.1. The molecule has 33 heavy (non-hydrogen) atoms. The number of aromatic carboxylic acids is 1. The molecular weight excluding hydrogens is 448 g/mol. The summed E-state index contributed by atoms with van der Waals surface area (Å²) in [6.07, 6.45) is 2.17. The fourth-order valence-electron chi connectivity index (χ4n) is 3.02. The molecule has 1 aliphatic rings. The molecule has 0 unspecified atom stereocenters. The Morgan fingerprint density at radius 1 is 1.06 bits per heavy atom. The van der Waals surface area contributed by atoms with E-state index in [1.807, 2.05) is 25.7 Å². The summed E-state index contributed by atoms with van der Waals surface area (Å²) in [6.45, 7) is 7.46. The maximum atomic E-state index is 12.5. The van der Waals surface area contributed by atoms with Gasteiger partial charge in [-0.25, -0.2) is 28.7 Å². The maximum Gasteiger partial charge on any atom is 0.416 e. The van der Waals surface area contributed by atoms with E-state index in [0.29, 0.717) is 37.7 Å². The van der Waals surface area contributed by atoms with Crippen molar-refractivity contribution in [3.8, 4) is 5.88 Å². The number of carbonyl (C=O) groups is 3. The number of carbonyl (C=O) groups excluding carboxylic acids is 2. The van der Waals surface area contributed by atoms with E-state index in [2.05, 4.69) is 28.1 Å². The minimum atomic E-state index is -1.03. The second-order valence-corrected chi connectivity index (χ2v) is 8.80. The third-order valence-corrected chi connectivity index (χ3v) is 5.10. The standard InChI is InChI=1S/C21H26N6O5S/c1-21(2,3)24-19(30)27(33)15-5-7-17(23-13-15)32-20(31)26-10-8-25(9-11-26)16-6-4-14(12-22-16)18(28)29/h4-7,12-13,33H,8-11H2,1-3H3,(H,24,30)(H,28,29). The maximum absolute atomic E-state index is 12.5. The number of pyridine rings is 2. The van der Waals surface area contributed by atoms with Gasteiger partial charge in [-0.3, -0.25) is 0 Å². The first-order valence-corrected chi connectivity index (χ1v) is 10.6. The highest BCUT2D eigenvalue weighted by molar-refractivity contribution is 7.82. The lowest BCUT2D eigenvalue weighted by molar-refractivity contribution is 0.0696. The molecule has 1 aliphatic heterocycles. The molecule has 0 radical (unpaired) electrons. The highest BCUT2D eigenvalue weighted by Gasteiger charge is 2.24.